The summed E-state index contributed by atoms with van der Waals surface area (Å²) in [5, 5.41) is 3.22. The van der Waals surface area contributed by atoms with Gasteiger partial charge < -0.3 is 11.1 Å². The molecule has 2 unspecified atom stereocenters. The second-order valence-electron chi connectivity index (χ2n) is 4.14. The zero-order chi connectivity index (χ0) is 10.7. The van der Waals surface area contributed by atoms with Crippen LogP contribution < -0.4 is 11.1 Å². The van der Waals surface area contributed by atoms with Crippen LogP contribution in [0, 0.1) is 5.92 Å². The Hall–Kier alpha value is -1.09. The van der Waals surface area contributed by atoms with E-state index in [4.69, 9.17) is 5.73 Å². The van der Waals surface area contributed by atoms with E-state index >= 15 is 0 Å². The van der Waals surface area contributed by atoms with Crippen LogP contribution in [0.4, 0.5) is 10.1 Å². The largest absolute Gasteiger partial charge is 0.398 e. The topological polar surface area (TPSA) is 38.0 Å². The first kappa shape index (κ1) is 10.4. The molecule has 1 aromatic rings. The van der Waals surface area contributed by atoms with E-state index in [1.165, 1.54) is 0 Å². The average molecular weight is 208 g/mol. The minimum Gasteiger partial charge on any atom is -0.398 e. The minimum absolute atomic E-state index is 0.0726. The van der Waals surface area contributed by atoms with Gasteiger partial charge in [-0.3, -0.25) is 0 Å². The third-order valence-electron chi connectivity index (χ3n) is 3.04. The maximum atomic E-state index is 14.2. The number of hydrogen-bond acceptors (Lipinski definition) is 2. The van der Waals surface area contributed by atoms with Crippen LogP contribution in [0.5, 0.6) is 0 Å². The number of hydrogen-bond donors (Lipinski definition) is 2. The molecule has 82 valence electrons. The Balaban J connectivity index is 2.12. The molecule has 0 aromatic heterocycles. The molecule has 0 aliphatic carbocycles. The number of para-hydroxylation sites is 1. The normalized spacial score (nSPS) is 23.7. The quantitative estimate of drug-likeness (QED) is 0.732. The van der Waals surface area contributed by atoms with Gasteiger partial charge in [0.1, 0.15) is 6.17 Å². The molecule has 2 rings (SSSR count). The lowest BCUT2D eigenvalue weighted by atomic mass is 9.90. The van der Waals surface area contributed by atoms with Crippen LogP contribution >= 0.6 is 0 Å². The summed E-state index contributed by atoms with van der Waals surface area (Å²) < 4.78 is 14.2. The highest BCUT2D eigenvalue weighted by Crippen LogP contribution is 2.33. The van der Waals surface area contributed by atoms with E-state index in [9.17, 15) is 4.39 Å². The number of piperidine rings is 1. The summed E-state index contributed by atoms with van der Waals surface area (Å²) >= 11 is 0. The molecule has 3 N–H and O–H groups in total. The number of alkyl halides is 1. The van der Waals surface area contributed by atoms with Gasteiger partial charge in [0.05, 0.1) is 0 Å². The molecule has 0 bridgehead atoms. The molecule has 1 aliphatic rings. The molecular weight excluding hydrogens is 191 g/mol. The number of anilines is 1. The van der Waals surface area contributed by atoms with E-state index in [2.05, 4.69) is 5.32 Å². The summed E-state index contributed by atoms with van der Waals surface area (Å²) in [7, 11) is 0. The van der Waals surface area contributed by atoms with Crippen LogP contribution in [0.2, 0.25) is 0 Å². The lowest BCUT2D eigenvalue weighted by molar-refractivity contribution is 0.195. The Bertz CT molecular complexity index is 321. The summed E-state index contributed by atoms with van der Waals surface area (Å²) in [5.41, 5.74) is 6.98. The fourth-order valence-corrected chi connectivity index (χ4v) is 2.14. The zero-order valence-electron chi connectivity index (χ0n) is 8.75. The molecule has 1 fully saturated rings. The summed E-state index contributed by atoms with van der Waals surface area (Å²) in [5.74, 6) is 0.0726. The van der Waals surface area contributed by atoms with Crippen molar-refractivity contribution in [3.63, 3.8) is 0 Å². The van der Waals surface area contributed by atoms with Crippen molar-refractivity contribution in [1.29, 1.82) is 0 Å². The predicted octanol–water partition coefficient (Wildman–Crippen LogP) is 2.28. The van der Waals surface area contributed by atoms with Crippen molar-refractivity contribution in [3.8, 4) is 0 Å². The highest BCUT2D eigenvalue weighted by atomic mass is 19.1. The van der Waals surface area contributed by atoms with Crippen LogP contribution in [0.15, 0.2) is 24.3 Å². The number of nitrogen functional groups attached to an aromatic ring is 1. The van der Waals surface area contributed by atoms with E-state index in [0.29, 0.717) is 11.3 Å². The second kappa shape index (κ2) is 4.62. The Morgan fingerprint density at radius 1 is 1.40 bits per heavy atom. The van der Waals surface area contributed by atoms with Crippen molar-refractivity contribution >= 4 is 5.69 Å². The Labute approximate surface area is 89.7 Å². The number of rotatable bonds is 2. The molecule has 0 amide bonds. The van der Waals surface area contributed by atoms with Gasteiger partial charge in [-0.1, -0.05) is 18.2 Å². The van der Waals surface area contributed by atoms with Crippen molar-refractivity contribution in [1.82, 2.24) is 5.32 Å². The van der Waals surface area contributed by atoms with Crippen molar-refractivity contribution in [2.24, 2.45) is 5.92 Å². The highest BCUT2D eigenvalue weighted by molar-refractivity contribution is 5.47. The van der Waals surface area contributed by atoms with E-state index < -0.39 is 6.17 Å². The average Bonchev–Trinajstić information content (AvgIpc) is 2.30. The SMILES string of the molecule is Nc1ccccc1C(F)C1CCCNC1. The Morgan fingerprint density at radius 3 is 2.87 bits per heavy atom. The van der Waals surface area contributed by atoms with Crippen molar-refractivity contribution in [3.05, 3.63) is 29.8 Å². The molecule has 2 nitrogen and oxygen atoms in total. The molecule has 0 spiro atoms. The van der Waals surface area contributed by atoms with Gasteiger partial charge in [-0.2, -0.15) is 0 Å². The number of nitrogens with one attached hydrogen (secondary N) is 1. The van der Waals surface area contributed by atoms with Crippen LogP contribution in [-0.4, -0.2) is 13.1 Å². The first-order valence-corrected chi connectivity index (χ1v) is 5.48. The fourth-order valence-electron chi connectivity index (χ4n) is 2.14. The number of nitrogens with two attached hydrogens (primary N) is 1. The molecule has 3 heteroatoms. The number of halogens is 1. The van der Waals surface area contributed by atoms with Crippen LogP contribution in [0.3, 0.4) is 0 Å². The van der Waals surface area contributed by atoms with Gasteiger partial charge >= 0.3 is 0 Å². The molecule has 0 radical (unpaired) electrons. The zero-order valence-corrected chi connectivity index (χ0v) is 8.75. The second-order valence-corrected chi connectivity index (χ2v) is 4.14. The summed E-state index contributed by atoms with van der Waals surface area (Å²) in [4.78, 5) is 0. The third-order valence-corrected chi connectivity index (χ3v) is 3.04. The lowest BCUT2D eigenvalue weighted by Gasteiger charge is -2.26. The molecule has 2 atom stereocenters. The van der Waals surface area contributed by atoms with Gasteiger partial charge in [-0.25, -0.2) is 4.39 Å². The summed E-state index contributed by atoms with van der Waals surface area (Å²) in [6, 6.07) is 7.23. The van der Waals surface area contributed by atoms with Crippen molar-refractivity contribution < 1.29 is 4.39 Å². The van der Waals surface area contributed by atoms with Gasteiger partial charge in [0.15, 0.2) is 0 Å². The van der Waals surface area contributed by atoms with E-state index in [0.717, 1.165) is 25.9 Å². The predicted molar refractivity (Wildman–Crippen MR) is 60.3 cm³/mol. The third kappa shape index (κ3) is 2.29. The van der Waals surface area contributed by atoms with Crippen LogP contribution in [0.1, 0.15) is 24.6 Å². The summed E-state index contributed by atoms with van der Waals surface area (Å²) in [6.07, 6.45) is 1.07. The van der Waals surface area contributed by atoms with E-state index in [1.54, 1.807) is 12.1 Å². The molecule has 15 heavy (non-hydrogen) atoms. The monoisotopic (exact) mass is 208 g/mol. The van der Waals surface area contributed by atoms with Gasteiger partial charge in [-0.15, -0.1) is 0 Å². The van der Waals surface area contributed by atoms with E-state index in [1.807, 2.05) is 12.1 Å². The molecule has 1 saturated heterocycles. The maximum Gasteiger partial charge on any atom is 0.131 e. The Morgan fingerprint density at radius 2 is 2.20 bits per heavy atom. The molecule has 0 saturated carbocycles. The smallest absolute Gasteiger partial charge is 0.131 e. The number of benzene rings is 1. The molecule has 1 aliphatic heterocycles. The Kier molecular flexibility index (Phi) is 3.21. The van der Waals surface area contributed by atoms with Crippen LogP contribution in [0.25, 0.3) is 0 Å². The molecule has 1 heterocycles. The first-order valence-electron chi connectivity index (χ1n) is 5.48. The molecular formula is C12H17FN2. The van der Waals surface area contributed by atoms with Crippen LogP contribution in [-0.2, 0) is 0 Å². The van der Waals surface area contributed by atoms with E-state index in [-0.39, 0.29) is 5.92 Å². The van der Waals surface area contributed by atoms with Gasteiger partial charge in [0, 0.05) is 23.7 Å². The maximum absolute atomic E-state index is 14.2. The van der Waals surface area contributed by atoms with Crippen molar-refractivity contribution in [2.75, 3.05) is 18.8 Å². The summed E-state index contributed by atoms with van der Waals surface area (Å²) in [6.45, 7) is 1.77. The molecule has 1 aromatic carbocycles. The fraction of sp³-hybridized carbons (Fsp3) is 0.500. The van der Waals surface area contributed by atoms with Crippen molar-refractivity contribution in [2.45, 2.75) is 19.0 Å². The lowest BCUT2D eigenvalue weighted by Crippen LogP contribution is -2.32. The highest BCUT2D eigenvalue weighted by Gasteiger charge is 2.25. The van der Waals surface area contributed by atoms with Gasteiger partial charge in [0.2, 0.25) is 0 Å². The van der Waals surface area contributed by atoms with Gasteiger partial charge in [0.25, 0.3) is 0 Å². The first-order chi connectivity index (χ1) is 7.29. The standard InChI is InChI=1S/C12H17FN2/c13-12(9-4-3-7-15-8-9)10-5-1-2-6-11(10)14/h1-2,5-6,9,12,15H,3-4,7-8,14H2. The van der Waals surface area contributed by atoms with Gasteiger partial charge in [-0.05, 0) is 25.5 Å². The minimum atomic E-state index is -0.931.